The number of rotatable bonds is 7. The van der Waals surface area contributed by atoms with E-state index < -0.39 is 0 Å². The third kappa shape index (κ3) is 6.02. The van der Waals surface area contributed by atoms with Crippen LogP contribution in [-0.4, -0.2) is 46.3 Å². The molecule has 6 heteroatoms. The van der Waals surface area contributed by atoms with E-state index in [0.717, 1.165) is 55.1 Å². The van der Waals surface area contributed by atoms with E-state index in [4.69, 9.17) is 9.97 Å². The van der Waals surface area contributed by atoms with E-state index in [0.29, 0.717) is 31.2 Å². The van der Waals surface area contributed by atoms with E-state index in [1.54, 1.807) is 0 Å². The molecule has 1 N–H and O–H groups in total. The second-order valence-electron chi connectivity index (χ2n) is 9.14. The minimum absolute atomic E-state index is 0.0246. The van der Waals surface area contributed by atoms with Crippen molar-refractivity contribution in [3.8, 4) is 0 Å². The van der Waals surface area contributed by atoms with Crippen molar-refractivity contribution in [1.29, 1.82) is 0 Å². The lowest BCUT2D eigenvalue weighted by molar-refractivity contribution is -0.133. The number of nitrogens with one attached hydrogen (secondary N) is 1. The molecule has 1 aliphatic carbocycles. The Hall–Kier alpha value is -1.98. The molecule has 30 heavy (non-hydrogen) atoms. The molecule has 2 aliphatic rings. The molecular weight excluding hydrogens is 376 g/mol. The number of hydrogen-bond acceptors (Lipinski definition) is 4. The lowest BCUT2D eigenvalue weighted by atomic mass is 9.86. The van der Waals surface area contributed by atoms with Gasteiger partial charge in [0.15, 0.2) is 0 Å². The normalized spacial score (nSPS) is 20.2. The van der Waals surface area contributed by atoms with Crippen LogP contribution in [0.1, 0.15) is 93.4 Å². The van der Waals surface area contributed by atoms with E-state index in [1.165, 1.54) is 32.1 Å². The van der Waals surface area contributed by atoms with E-state index in [9.17, 15) is 9.59 Å². The average Bonchev–Trinajstić information content (AvgIpc) is 2.75. The Labute approximate surface area is 181 Å². The van der Waals surface area contributed by atoms with Crippen molar-refractivity contribution in [1.82, 2.24) is 20.2 Å². The summed E-state index contributed by atoms with van der Waals surface area (Å²) in [6.07, 6.45) is 10.3. The van der Waals surface area contributed by atoms with Crippen LogP contribution in [0.3, 0.4) is 0 Å². The summed E-state index contributed by atoms with van der Waals surface area (Å²) in [4.78, 5) is 36.6. The molecule has 0 spiro atoms. The maximum Gasteiger partial charge on any atom is 0.224 e. The van der Waals surface area contributed by atoms with E-state index in [2.05, 4.69) is 5.32 Å². The molecule has 2 fully saturated rings. The lowest BCUT2D eigenvalue weighted by Crippen LogP contribution is -2.40. The Morgan fingerprint density at radius 3 is 2.40 bits per heavy atom. The van der Waals surface area contributed by atoms with Gasteiger partial charge < -0.3 is 10.2 Å². The molecule has 1 aromatic rings. The van der Waals surface area contributed by atoms with Crippen LogP contribution in [0.25, 0.3) is 0 Å². The fourth-order valence-electron chi connectivity index (χ4n) is 4.87. The van der Waals surface area contributed by atoms with E-state index >= 15 is 0 Å². The second-order valence-corrected chi connectivity index (χ2v) is 9.14. The van der Waals surface area contributed by atoms with Gasteiger partial charge in [0.2, 0.25) is 11.8 Å². The number of amides is 2. The van der Waals surface area contributed by atoms with Gasteiger partial charge in [-0.25, -0.2) is 9.97 Å². The summed E-state index contributed by atoms with van der Waals surface area (Å²) in [5.74, 6) is 1.93. The zero-order chi connectivity index (χ0) is 21.5. The predicted molar refractivity (Wildman–Crippen MR) is 118 cm³/mol. The van der Waals surface area contributed by atoms with Crippen LogP contribution < -0.4 is 5.32 Å². The summed E-state index contributed by atoms with van der Waals surface area (Å²) in [5.41, 5.74) is 2.69. The van der Waals surface area contributed by atoms with Crippen molar-refractivity contribution in [2.24, 2.45) is 5.92 Å². The minimum Gasteiger partial charge on any atom is -0.356 e. The standard InChI is InChI=1S/C24H38N4O2/c1-4-12-25-22(29)15-21-17(2)26-24(27-18(21)3)20-11-8-13-28(16-20)23(30)14-19-9-6-5-7-10-19/h19-20H,4-16H2,1-3H3,(H,25,29)/t20-/m1/s1. The Balaban J connectivity index is 1.63. The van der Waals surface area contributed by atoms with E-state index in [1.807, 2.05) is 25.7 Å². The number of carbonyl (C=O) groups is 2. The minimum atomic E-state index is 0.0246. The highest BCUT2D eigenvalue weighted by molar-refractivity contribution is 5.79. The molecule has 1 saturated carbocycles. The molecule has 1 aromatic heterocycles. The molecule has 2 amide bonds. The largest absolute Gasteiger partial charge is 0.356 e. The first-order valence-electron chi connectivity index (χ1n) is 11.9. The average molecular weight is 415 g/mol. The molecule has 166 valence electrons. The fraction of sp³-hybridized carbons (Fsp3) is 0.750. The van der Waals surface area contributed by atoms with Crippen molar-refractivity contribution in [3.63, 3.8) is 0 Å². The monoisotopic (exact) mass is 414 g/mol. The zero-order valence-electron chi connectivity index (χ0n) is 19.0. The lowest BCUT2D eigenvalue weighted by Gasteiger charge is -2.34. The summed E-state index contributed by atoms with van der Waals surface area (Å²) in [6, 6.07) is 0. The number of aryl methyl sites for hydroxylation is 2. The Morgan fingerprint density at radius 2 is 1.73 bits per heavy atom. The van der Waals surface area contributed by atoms with Crippen molar-refractivity contribution in [2.75, 3.05) is 19.6 Å². The van der Waals surface area contributed by atoms with Crippen LogP contribution in [0.2, 0.25) is 0 Å². The Kier molecular flexibility index (Phi) is 8.23. The third-order valence-electron chi connectivity index (χ3n) is 6.67. The summed E-state index contributed by atoms with van der Waals surface area (Å²) >= 11 is 0. The topological polar surface area (TPSA) is 75.2 Å². The highest BCUT2D eigenvalue weighted by atomic mass is 16.2. The number of piperidine rings is 1. The number of nitrogens with zero attached hydrogens (tertiary/aromatic N) is 3. The smallest absolute Gasteiger partial charge is 0.224 e. The predicted octanol–water partition coefficient (Wildman–Crippen LogP) is 3.84. The van der Waals surface area contributed by atoms with Gasteiger partial charge in [0, 0.05) is 48.9 Å². The van der Waals surface area contributed by atoms with E-state index in [-0.39, 0.29) is 11.8 Å². The van der Waals surface area contributed by atoms with Gasteiger partial charge in [-0.05, 0) is 51.9 Å². The Bertz CT molecular complexity index is 720. The van der Waals surface area contributed by atoms with Gasteiger partial charge in [-0.1, -0.05) is 26.2 Å². The van der Waals surface area contributed by atoms with Crippen molar-refractivity contribution in [2.45, 2.75) is 90.9 Å². The SMILES string of the molecule is CCCNC(=O)Cc1c(C)nc([C@@H]2CCCN(C(=O)CC3CCCCC3)C2)nc1C. The third-order valence-corrected chi connectivity index (χ3v) is 6.67. The van der Waals surface area contributed by atoms with Crippen molar-refractivity contribution < 1.29 is 9.59 Å². The first kappa shape index (κ1) is 22.7. The molecular formula is C24H38N4O2. The number of hydrogen-bond donors (Lipinski definition) is 1. The maximum absolute atomic E-state index is 12.9. The van der Waals surface area contributed by atoms with Crippen molar-refractivity contribution >= 4 is 11.8 Å². The highest BCUT2D eigenvalue weighted by Crippen LogP contribution is 2.30. The van der Waals surface area contributed by atoms with Crippen LogP contribution >= 0.6 is 0 Å². The Morgan fingerprint density at radius 1 is 1.03 bits per heavy atom. The summed E-state index contributed by atoms with van der Waals surface area (Å²) < 4.78 is 0. The van der Waals surface area contributed by atoms with Gasteiger partial charge in [-0.2, -0.15) is 0 Å². The summed E-state index contributed by atoms with van der Waals surface area (Å²) in [5, 5.41) is 2.93. The fourth-order valence-corrected chi connectivity index (χ4v) is 4.87. The summed E-state index contributed by atoms with van der Waals surface area (Å²) in [6.45, 7) is 8.26. The van der Waals surface area contributed by atoms with Gasteiger partial charge in [-0.15, -0.1) is 0 Å². The molecule has 1 aliphatic heterocycles. The second kappa shape index (κ2) is 10.9. The maximum atomic E-state index is 12.9. The zero-order valence-corrected chi connectivity index (χ0v) is 19.0. The molecule has 0 radical (unpaired) electrons. The molecule has 1 atom stereocenters. The number of carbonyl (C=O) groups excluding carboxylic acids is 2. The highest BCUT2D eigenvalue weighted by Gasteiger charge is 2.29. The molecule has 2 heterocycles. The van der Waals surface area contributed by atoms with Gasteiger partial charge in [0.25, 0.3) is 0 Å². The van der Waals surface area contributed by atoms with Crippen LogP contribution in [0.15, 0.2) is 0 Å². The van der Waals surface area contributed by atoms with Gasteiger partial charge in [0.05, 0.1) is 6.42 Å². The first-order chi connectivity index (χ1) is 14.5. The van der Waals surface area contributed by atoms with Gasteiger partial charge in [-0.3, -0.25) is 9.59 Å². The first-order valence-corrected chi connectivity index (χ1v) is 11.9. The molecule has 3 rings (SSSR count). The number of likely N-dealkylation sites (tertiary alicyclic amines) is 1. The molecule has 6 nitrogen and oxygen atoms in total. The molecule has 0 bridgehead atoms. The summed E-state index contributed by atoms with van der Waals surface area (Å²) in [7, 11) is 0. The van der Waals surface area contributed by atoms with Gasteiger partial charge in [0.1, 0.15) is 5.82 Å². The van der Waals surface area contributed by atoms with Crippen LogP contribution in [0.5, 0.6) is 0 Å². The quantitative estimate of drug-likeness (QED) is 0.736. The van der Waals surface area contributed by atoms with Crippen LogP contribution in [-0.2, 0) is 16.0 Å². The van der Waals surface area contributed by atoms with Crippen LogP contribution in [0.4, 0.5) is 0 Å². The molecule has 0 aromatic carbocycles. The molecule has 0 unspecified atom stereocenters. The van der Waals surface area contributed by atoms with Gasteiger partial charge >= 0.3 is 0 Å². The van der Waals surface area contributed by atoms with Crippen molar-refractivity contribution in [3.05, 3.63) is 22.8 Å². The molecule has 1 saturated heterocycles. The van der Waals surface area contributed by atoms with Crippen LogP contribution in [0, 0.1) is 19.8 Å². The number of aromatic nitrogens is 2.